The Kier molecular flexibility index (Phi) is 7.47. The molecule has 0 heterocycles. The second-order valence-corrected chi connectivity index (χ2v) is 3.61. The number of hydrogen-bond donors (Lipinski definition) is 1. The molecule has 0 bridgehead atoms. The Bertz CT molecular complexity index is 251. The summed E-state index contributed by atoms with van der Waals surface area (Å²) in [6.07, 6.45) is 2.21. The van der Waals surface area contributed by atoms with E-state index in [0.29, 0.717) is 0 Å². The van der Waals surface area contributed by atoms with E-state index in [1.807, 2.05) is 30.3 Å². The van der Waals surface area contributed by atoms with Gasteiger partial charge in [-0.3, -0.25) is 0 Å². The molecule has 16 heavy (non-hydrogen) atoms. The molecule has 0 amide bonds. The Morgan fingerprint density at radius 2 is 1.81 bits per heavy atom. The van der Waals surface area contributed by atoms with Crippen molar-refractivity contribution in [3.8, 4) is 5.75 Å². The van der Waals surface area contributed by atoms with Crippen LogP contribution in [0.2, 0.25) is 0 Å². The normalized spacial score (nSPS) is 10.3. The zero-order valence-corrected chi connectivity index (χ0v) is 9.95. The fraction of sp³-hybridized carbons (Fsp3) is 0.538. The molecule has 0 aliphatic rings. The van der Waals surface area contributed by atoms with Crippen LogP contribution in [0.15, 0.2) is 30.3 Å². The molecule has 0 spiro atoms. The van der Waals surface area contributed by atoms with Crippen LogP contribution in [0.25, 0.3) is 0 Å². The van der Waals surface area contributed by atoms with Gasteiger partial charge in [-0.05, 0) is 31.5 Å². The van der Waals surface area contributed by atoms with Gasteiger partial charge in [0.25, 0.3) is 0 Å². The molecule has 3 nitrogen and oxygen atoms in total. The van der Waals surface area contributed by atoms with Crippen molar-refractivity contribution >= 4 is 0 Å². The van der Waals surface area contributed by atoms with E-state index in [-0.39, 0.29) is 0 Å². The lowest BCUT2D eigenvalue weighted by Gasteiger charge is -2.06. The summed E-state index contributed by atoms with van der Waals surface area (Å²) in [6, 6.07) is 9.93. The van der Waals surface area contributed by atoms with Crippen molar-refractivity contribution in [3.63, 3.8) is 0 Å². The Morgan fingerprint density at radius 1 is 1.00 bits per heavy atom. The van der Waals surface area contributed by atoms with E-state index in [1.165, 1.54) is 0 Å². The van der Waals surface area contributed by atoms with Crippen LogP contribution >= 0.6 is 0 Å². The Labute approximate surface area is 97.8 Å². The molecule has 0 aliphatic heterocycles. The van der Waals surface area contributed by atoms with Gasteiger partial charge in [0, 0.05) is 13.7 Å². The molecule has 0 unspecified atom stereocenters. The first kappa shape index (κ1) is 13.0. The third kappa shape index (κ3) is 6.43. The monoisotopic (exact) mass is 223 g/mol. The highest BCUT2D eigenvalue weighted by Gasteiger charge is 1.92. The number of rotatable bonds is 9. The average molecular weight is 223 g/mol. The fourth-order valence-corrected chi connectivity index (χ4v) is 1.36. The maximum absolute atomic E-state index is 5.58. The Balaban J connectivity index is 1.89. The molecule has 1 aromatic carbocycles. The molecule has 3 heteroatoms. The fourth-order valence-electron chi connectivity index (χ4n) is 1.36. The Hall–Kier alpha value is -1.06. The number of para-hydroxylation sites is 1. The van der Waals surface area contributed by atoms with Crippen LogP contribution in [0.5, 0.6) is 5.75 Å². The minimum absolute atomic E-state index is 0.778. The zero-order valence-electron chi connectivity index (χ0n) is 9.95. The molecule has 0 saturated heterocycles. The van der Waals surface area contributed by atoms with Crippen molar-refractivity contribution in [2.24, 2.45) is 0 Å². The summed E-state index contributed by atoms with van der Waals surface area (Å²) in [4.78, 5) is 0. The quantitative estimate of drug-likeness (QED) is 0.650. The van der Waals surface area contributed by atoms with E-state index in [9.17, 15) is 0 Å². The number of ether oxygens (including phenoxy) is 2. The van der Waals surface area contributed by atoms with Crippen molar-refractivity contribution in [1.82, 2.24) is 5.32 Å². The Morgan fingerprint density at radius 3 is 2.56 bits per heavy atom. The highest BCUT2D eigenvalue weighted by Crippen LogP contribution is 2.08. The molecule has 1 rings (SSSR count). The maximum atomic E-state index is 5.58. The van der Waals surface area contributed by atoms with Gasteiger partial charge in [0.1, 0.15) is 5.75 Å². The largest absolute Gasteiger partial charge is 0.494 e. The van der Waals surface area contributed by atoms with Gasteiger partial charge in [-0.2, -0.15) is 0 Å². The van der Waals surface area contributed by atoms with Crippen LogP contribution in [0.4, 0.5) is 0 Å². The van der Waals surface area contributed by atoms with Crippen molar-refractivity contribution in [1.29, 1.82) is 0 Å². The summed E-state index contributed by atoms with van der Waals surface area (Å²) in [7, 11) is 1.72. The van der Waals surface area contributed by atoms with Gasteiger partial charge >= 0.3 is 0 Å². The van der Waals surface area contributed by atoms with Crippen LogP contribution < -0.4 is 10.1 Å². The van der Waals surface area contributed by atoms with E-state index >= 15 is 0 Å². The van der Waals surface area contributed by atoms with E-state index in [4.69, 9.17) is 9.47 Å². The average Bonchev–Trinajstić information content (AvgIpc) is 2.34. The van der Waals surface area contributed by atoms with Crippen LogP contribution in [-0.2, 0) is 4.74 Å². The second kappa shape index (κ2) is 9.19. The van der Waals surface area contributed by atoms with Gasteiger partial charge in [0.05, 0.1) is 13.2 Å². The lowest BCUT2D eigenvalue weighted by Crippen LogP contribution is -2.20. The minimum Gasteiger partial charge on any atom is -0.494 e. The van der Waals surface area contributed by atoms with Gasteiger partial charge < -0.3 is 14.8 Å². The number of unbranched alkanes of at least 4 members (excludes halogenated alkanes) is 1. The summed E-state index contributed by atoms with van der Waals surface area (Å²) in [5, 5.41) is 3.30. The lowest BCUT2D eigenvalue weighted by atomic mass is 10.3. The highest BCUT2D eigenvalue weighted by molar-refractivity contribution is 5.20. The van der Waals surface area contributed by atoms with Gasteiger partial charge in [-0.25, -0.2) is 0 Å². The summed E-state index contributed by atoms with van der Waals surface area (Å²) in [6.45, 7) is 3.52. The summed E-state index contributed by atoms with van der Waals surface area (Å²) in [5.41, 5.74) is 0. The van der Waals surface area contributed by atoms with Gasteiger partial charge in [0.2, 0.25) is 0 Å². The maximum Gasteiger partial charge on any atom is 0.119 e. The SMILES string of the molecule is COCCNCCCCOc1ccccc1. The first-order valence-corrected chi connectivity index (χ1v) is 5.81. The molecule has 0 radical (unpaired) electrons. The van der Waals surface area contributed by atoms with E-state index < -0.39 is 0 Å². The predicted molar refractivity (Wildman–Crippen MR) is 65.9 cm³/mol. The van der Waals surface area contributed by atoms with Crippen LogP contribution in [0.3, 0.4) is 0 Å². The van der Waals surface area contributed by atoms with E-state index in [1.54, 1.807) is 7.11 Å². The highest BCUT2D eigenvalue weighted by atomic mass is 16.5. The lowest BCUT2D eigenvalue weighted by molar-refractivity contribution is 0.199. The topological polar surface area (TPSA) is 30.5 Å². The van der Waals surface area contributed by atoms with Crippen LogP contribution in [-0.4, -0.2) is 33.4 Å². The molecule has 0 saturated carbocycles. The standard InChI is InChI=1S/C13H21NO2/c1-15-12-10-14-9-5-6-11-16-13-7-3-2-4-8-13/h2-4,7-8,14H,5-6,9-12H2,1H3. The smallest absolute Gasteiger partial charge is 0.119 e. The molecule has 0 atom stereocenters. The van der Waals surface area contributed by atoms with Crippen molar-refractivity contribution in [3.05, 3.63) is 30.3 Å². The molecule has 90 valence electrons. The third-order valence-electron chi connectivity index (χ3n) is 2.24. The first-order valence-electron chi connectivity index (χ1n) is 5.81. The molecule has 0 fully saturated rings. The first-order chi connectivity index (χ1) is 7.93. The second-order valence-electron chi connectivity index (χ2n) is 3.61. The van der Waals surface area contributed by atoms with E-state index in [0.717, 1.165) is 44.9 Å². The van der Waals surface area contributed by atoms with Crippen molar-refractivity contribution < 1.29 is 9.47 Å². The van der Waals surface area contributed by atoms with Gasteiger partial charge in [0.15, 0.2) is 0 Å². The van der Waals surface area contributed by atoms with Gasteiger partial charge in [-0.1, -0.05) is 18.2 Å². The summed E-state index contributed by atoms with van der Waals surface area (Å²) >= 11 is 0. The summed E-state index contributed by atoms with van der Waals surface area (Å²) in [5.74, 6) is 0.954. The van der Waals surface area contributed by atoms with Crippen molar-refractivity contribution in [2.45, 2.75) is 12.8 Å². The van der Waals surface area contributed by atoms with Crippen molar-refractivity contribution in [2.75, 3.05) is 33.4 Å². The number of nitrogens with one attached hydrogen (secondary N) is 1. The van der Waals surface area contributed by atoms with E-state index in [2.05, 4.69) is 5.32 Å². The zero-order chi connectivity index (χ0) is 11.5. The molecule has 0 aromatic heterocycles. The van der Waals surface area contributed by atoms with Gasteiger partial charge in [-0.15, -0.1) is 0 Å². The molecule has 0 aliphatic carbocycles. The molecule has 1 N–H and O–H groups in total. The predicted octanol–water partition coefficient (Wildman–Crippen LogP) is 2.08. The van der Waals surface area contributed by atoms with Crippen LogP contribution in [0, 0.1) is 0 Å². The third-order valence-corrected chi connectivity index (χ3v) is 2.24. The van der Waals surface area contributed by atoms with Crippen LogP contribution in [0.1, 0.15) is 12.8 Å². The number of benzene rings is 1. The summed E-state index contributed by atoms with van der Waals surface area (Å²) < 4.78 is 10.5. The number of methoxy groups -OCH3 is 1. The molecular weight excluding hydrogens is 202 g/mol. The molecule has 1 aromatic rings. The minimum atomic E-state index is 0.778. The molecular formula is C13H21NO2. The number of hydrogen-bond acceptors (Lipinski definition) is 3.